The van der Waals surface area contributed by atoms with Crippen molar-refractivity contribution in [1.82, 2.24) is 30.2 Å². The number of carbonyl (C=O) groups is 3. The summed E-state index contributed by atoms with van der Waals surface area (Å²) in [6.07, 6.45) is 9.12. The van der Waals surface area contributed by atoms with E-state index in [2.05, 4.69) is 43.5 Å². The molecule has 12 atom stereocenters. The largest absolute Gasteiger partial charge is 0.790 e. The summed E-state index contributed by atoms with van der Waals surface area (Å²) in [7, 11) is -17.7. The first-order chi connectivity index (χ1) is 36.7. The van der Waals surface area contributed by atoms with Crippen molar-refractivity contribution in [1.29, 1.82) is 0 Å². The molecule has 0 radical (unpaired) electrons. The fourth-order valence-corrected chi connectivity index (χ4v) is 11.6. The van der Waals surface area contributed by atoms with E-state index in [1.165, 1.54) is 64.9 Å². The van der Waals surface area contributed by atoms with Gasteiger partial charge in [0.2, 0.25) is 16.9 Å². The summed E-state index contributed by atoms with van der Waals surface area (Å²) in [5.41, 5.74) is 4.07. The van der Waals surface area contributed by atoms with Gasteiger partial charge in [0, 0.05) is 37.1 Å². The highest BCUT2D eigenvalue weighted by atomic mass is 32.2. The van der Waals surface area contributed by atoms with Crippen LogP contribution < -0.4 is 35.9 Å². The molecule has 8 N–H and O–H groups in total. The minimum atomic E-state index is -5.93. The van der Waals surface area contributed by atoms with E-state index in [1.807, 2.05) is 13.0 Å². The molecule has 0 spiro atoms. The van der Waals surface area contributed by atoms with Crippen LogP contribution >= 0.6 is 35.2 Å². The predicted octanol–water partition coefficient (Wildman–Crippen LogP) is 1.42. The molecule has 0 saturated carbocycles. The van der Waals surface area contributed by atoms with Gasteiger partial charge in [-0.05, 0) is 39.2 Å². The third-order valence-corrected chi connectivity index (χ3v) is 16.6. The van der Waals surface area contributed by atoms with Crippen LogP contribution in [0.25, 0.3) is 11.2 Å². The number of phosphoric ester groups is 3. The van der Waals surface area contributed by atoms with E-state index in [-0.39, 0.29) is 60.2 Å². The minimum Gasteiger partial charge on any atom is -0.790 e. The summed E-state index contributed by atoms with van der Waals surface area (Å²) in [6, 6.07) is 0. The molecule has 28 nitrogen and oxygen atoms in total. The number of aliphatic hydroxyl groups excluding tert-OH is 4. The van der Waals surface area contributed by atoms with Gasteiger partial charge < -0.3 is 88.7 Å². The number of rotatable bonds is 37. The number of aliphatic hydroxyl groups is 4. The van der Waals surface area contributed by atoms with Crippen molar-refractivity contribution in [2.24, 2.45) is 5.41 Å². The number of phosphoric acid groups is 3. The average molecular weight is 1190 g/mol. The zero-order valence-electron chi connectivity index (χ0n) is 44.3. The van der Waals surface area contributed by atoms with Gasteiger partial charge in [0.1, 0.15) is 42.4 Å². The van der Waals surface area contributed by atoms with Gasteiger partial charge in [-0.1, -0.05) is 102 Å². The molecule has 2 saturated heterocycles. The van der Waals surface area contributed by atoms with Crippen LogP contribution in [0, 0.1) is 5.41 Å². The van der Waals surface area contributed by atoms with E-state index in [0.717, 1.165) is 73.9 Å². The summed E-state index contributed by atoms with van der Waals surface area (Å²) < 4.78 is 72.4. The number of nitrogens with two attached hydrogens (primary N) is 1. The first-order valence-electron chi connectivity index (χ1n) is 26.0. The van der Waals surface area contributed by atoms with Gasteiger partial charge >= 0.3 is 0 Å². The summed E-state index contributed by atoms with van der Waals surface area (Å²) in [5, 5.41) is 46.2. The Labute approximate surface area is 457 Å². The molecule has 2 aliphatic heterocycles. The van der Waals surface area contributed by atoms with Gasteiger partial charge in [0.15, 0.2) is 24.0 Å². The summed E-state index contributed by atoms with van der Waals surface area (Å²) in [6.45, 7) is 3.83. The lowest BCUT2D eigenvalue weighted by Gasteiger charge is -2.36. The van der Waals surface area contributed by atoms with Crippen LogP contribution in [0.3, 0.4) is 0 Å². The number of hydrogen-bond donors (Lipinski definition) is 7. The second-order valence-corrected chi connectivity index (χ2v) is 25.1. The molecule has 2 fully saturated rings. The van der Waals surface area contributed by atoms with Gasteiger partial charge in [0.05, 0.1) is 45.7 Å². The van der Waals surface area contributed by atoms with Crippen LogP contribution in [0.4, 0.5) is 5.82 Å². The molecule has 2 aromatic rings. The summed E-state index contributed by atoms with van der Waals surface area (Å²) in [5.74, 6) is -1.26. The molecule has 32 heteroatoms. The lowest BCUT2D eigenvalue weighted by Crippen LogP contribution is -2.48. The van der Waals surface area contributed by atoms with Gasteiger partial charge in [-0.15, -0.1) is 0 Å². The normalized spacial score (nSPS) is 24.5. The SMILES string of the molecule is C[C@H](CCCCCCCCCCCCCC/C=C/C(=O)SCCNC(=O)CCNC(=O)[C@H](O)C(C)(C)COP(=O)([O-])OP(=O)([O-])OC[C@H]1O[C@@H](n2cnc3c(N)ncnc32)[C@H](O)[C@@H]1OP(=O)([O-])[O-])O[C@@H]1O[C@@H](C)[C@H](O)C[C@H]1O. The number of allylic oxidation sites excluding steroid dienone is 1. The van der Waals surface area contributed by atoms with Crippen LogP contribution in [0.5, 0.6) is 0 Å². The average Bonchev–Trinajstić information content (AvgIpc) is 3.99. The van der Waals surface area contributed by atoms with Crippen LogP contribution in [-0.2, 0) is 60.2 Å². The van der Waals surface area contributed by atoms with Gasteiger partial charge in [0.25, 0.3) is 15.6 Å². The number of anilines is 1. The molecule has 2 unspecified atom stereocenters. The number of nitrogens with one attached hydrogen (secondary N) is 2. The minimum absolute atomic E-state index is 0.0143. The molecule has 0 bridgehead atoms. The number of nitrogens with zero attached hydrogens (tertiary/aromatic N) is 4. The van der Waals surface area contributed by atoms with E-state index in [0.29, 0.717) is 5.75 Å². The Balaban J connectivity index is 0.993. The first-order valence-corrected chi connectivity index (χ1v) is 31.4. The van der Waals surface area contributed by atoms with Crippen molar-refractivity contribution >= 4 is 69.1 Å². The Hall–Kier alpha value is -2.86. The highest BCUT2D eigenvalue weighted by Gasteiger charge is 2.47. The zero-order valence-corrected chi connectivity index (χ0v) is 47.8. The lowest BCUT2D eigenvalue weighted by atomic mass is 9.87. The Morgan fingerprint density at radius 2 is 1.53 bits per heavy atom. The van der Waals surface area contributed by atoms with Crippen LogP contribution in [0.15, 0.2) is 24.8 Å². The molecule has 446 valence electrons. The highest BCUT2D eigenvalue weighted by Crippen LogP contribution is 2.56. The van der Waals surface area contributed by atoms with Gasteiger partial charge in [-0.3, -0.25) is 28.1 Å². The van der Waals surface area contributed by atoms with E-state index < -0.39 is 103 Å². The fourth-order valence-electron chi connectivity index (χ4n) is 8.31. The number of fused-ring (bicyclic) bond motifs is 1. The highest BCUT2D eigenvalue weighted by molar-refractivity contribution is 8.14. The number of amides is 2. The number of nitrogen functional groups attached to an aromatic ring is 1. The predicted molar refractivity (Wildman–Crippen MR) is 274 cm³/mol. The van der Waals surface area contributed by atoms with Gasteiger partial charge in [-0.2, -0.15) is 0 Å². The summed E-state index contributed by atoms with van der Waals surface area (Å²) >= 11 is 1.04. The van der Waals surface area contributed by atoms with Crippen LogP contribution in [0.2, 0.25) is 0 Å². The smallest absolute Gasteiger partial charge is 0.274 e. The molecule has 4 heterocycles. The maximum atomic E-state index is 12.7. The Morgan fingerprint density at radius 1 is 0.897 bits per heavy atom. The molecule has 2 aromatic heterocycles. The van der Waals surface area contributed by atoms with Gasteiger partial charge in [-0.25, -0.2) is 19.3 Å². The van der Waals surface area contributed by atoms with Crippen molar-refractivity contribution in [2.75, 3.05) is 37.8 Å². The summed E-state index contributed by atoms with van der Waals surface area (Å²) in [4.78, 5) is 97.1. The van der Waals surface area contributed by atoms with E-state index in [1.54, 1.807) is 6.92 Å². The molecule has 0 aromatic carbocycles. The third kappa shape index (κ3) is 23.9. The Morgan fingerprint density at radius 3 is 2.18 bits per heavy atom. The number of carbonyl (C=O) groups excluding carboxylic acids is 3. The molecule has 2 aliphatic rings. The van der Waals surface area contributed by atoms with Crippen molar-refractivity contribution in [2.45, 2.75) is 192 Å². The Kier molecular flexibility index (Phi) is 28.4. The lowest BCUT2D eigenvalue weighted by molar-refractivity contribution is -0.347. The monoisotopic (exact) mass is 1190 g/mol. The number of unbranched alkanes of at least 4 members (excludes halogenated alkanes) is 12. The van der Waals surface area contributed by atoms with E-state index in [4.69, 9.17) is 19.9 Å². The molecule has 4 rings (SSSR count). The van der Waals surface area contributed by atoms with E-state index in [9.17, 15) is 68.1 Å². The Bertz CT molecular complexity index is 2370. The fraction of sp³-hybridized carbons (Fsp3) is 0.783. The first kappa shape index (κ1) is 67.6. The number of imidazole rings is 1. The van der Waals surface area contributed by atoms with Crippen molar-refractivity contribution in [3.8, 4) is 0 Å². The van der Waals surface area contributed by atoms with E-state index >= 15 is 0 Å². The molecule has 2 amide bonds. The molecule has 0 aliphatic carbocycles. The van der Waals surface area contributed by atoms with Crippen LogP contribution in [-0.4, -0.2) is 144 Å². The molecular formula is C46H76N7O21P3S-4. The van der Waals surface area contributed by atoms with Crippen molar-refractivity contribution in [3.63, 3.8) is 0 Å². The van der Waals surface area contributed by atoms with Crippen molar-refractivity contribution in [3.05, 3.63) is 24.8 Å². The standard InChI is InChI=1S/C46H80N7O21P3S/c1-30(70-45-33(55)25-32(54)31(2)71-45)19-17-15-13-11-9-7-5-6-8-10-12-14-16-18-20-36(57)78-24-23-48-35(56)21-22-49-43(60)40(59)46(3,4)27-69-77(66,67)74-76(64,65)68-26-34-39(73-75(61,62)63)38(58)44(72-34)53-29-52-37-41(47)50-28-51-42(37)53/h18,20,28-34,38-40,44-45,54-55,58-59H,5-17,19,21-27H2,1-4H3,(H,48,56)(H,49,60)(H,64,65)(H,66,67)(H2,47,50,51)(H2,61,62,63)/p-4/b20-18+/t30-,31+,32-,33-,34-,38-,39-,40+,44-,45-/m1/s1. The third-order valence-electron chi connectivity index (χ3n) is 12.8. The number of thioether (sulfide) groups is 1. The number of hydrogen-bond acceptors (Lipinski definition) is 26. The quantitative estimate of drug-likeness (QED) is 0.0286. The molecule has 78 heavy (non-hydrogen) atoms. The maximum Gasteiger partial charge on any atom is 0.274 e. The van der Waals surface area contributed by atoms with Crippen LogP contribution in [0.1, 0.15) is 137 Å². The second-order valence-electron chi connectivity index (χ2n) is 19.9. The maximum absolute atomic E-state index is 12.7. The topological polar surface area (TPSA) is 434 Å². The zero-order chi connectivity index (χ0) is 57.7. The number of aromatic nitrogens is 4. The van der Waals surface area contributed by atoms with Crippen molar-refractivity contribution < 1.29 is 100 Å². The number of ether oxygens (including phenoxy) is 3. The second kappa shape index (κ2) is 32.7. The molecular weight excluding hydrogens is 1110 g/mol.